The van der Waals surface area contributed by atoms with E-state index in [4.69, 9.17) is 9.79 Å². The van der Waals surface area contributed by atoms with Crippen LogP contribution in [0.25, 0.3) is 0 Å². The Labute approximate surface area is 90.7 Å². The third-order valence-electron chi connectivity index (χ3n) is 1.95. The summed E-state index contributed by atoms with van der Waals surface area (Å²) in [6.45, 7) is -0.144. The highest BCUT2D eigenvalue weighted by atomic mass is 31.2. The van der Waals surface area contributed by atoms with Crippen molar-refractivity contribution in [2.75, 3.05) is 6.61 Å². The highest BCUT2D eigenvalue weighted by Crippen LogP contribution is 2.36. The van der Waals surface area contributed by atoms with E-state index in [0.29, 0.717) is 23.4 Å². The molecule has 0 saturated heterocycles. The number of aromatic nitrogens is 1. The van der Waals surface area contributed by atoms with Crippen LogP contribution in [0.1, 0.15) is 12.1 Å². The maximum atomic E-state index is 10.5. The lowest BCUT2D eigenvalue weighted by atomic mass is 10.1. The molecule has 0 saturated carbocycles. The van der Waals surface area contributed by atoms with Crippen LogP contribution < -0.4 is 0 Å². The average Bonchev–Trinajstić information content (AvgIpc) is 2.84. The van der Waals surface area contributed by atoms with Crippen molar-refractivity contribution in [2.24, 2.45) is 4.99 Å². The van der Waals surface area contributed by atoms with Gasteiger partial charge in [0.2, 0.25) is 0 Å². The maximum Gasteiger partial charge on any atom is 0.469 e. The monoisotopic (exact) mass is 244 g/mol. The predicted molar refractivity (Wildman–Crippen MR) is 53.7 cm³/mol. The minimum atomic E-state index is -4.42. The van der Waals surface area contributed by atoms with Crippen LogP contribution in [0.4, 0.5) is 0 Å². The van der Waals surface area contributed by atoms with E-state index in [1.165, 1.54) is 12.5 Å². The first-order valence-electron chi connectivity index (χ1n) is 4.40. The van der Waals surface area contributed by atoms with Crippen LogP contribution >= 0.6 is 7.82 Å². The van der Waals surface area contributed by atoms with Crippen molar-refractivity contribution in [2.45, 2.75) is 6.42 Å². The zero-order valence-corrected chi connectivity index (χ0v) is 9.00. The van der Waals surface area contributed by atoms with E-state index in [0.717, 1.165) is 0 Å². The molecular formula is C8H9N2O5P. The van der Waals surface area contributed by atoms with Gasteiger partial charge in [-0.25, -0.2) is 4.57 Å². The largest absolute Gasteiger partial charge is 0.469 e. The third kappa shape index (κ3) is 2.86. The van der Waals surface area contributed by atoms with Crippen LogP contribution in [0.5, 0.6) is 0 Å². The van der Waals surface area contributed by atoms with Gasteiger partial charge in [0.05, 0.1) is 12.3 Å². The van der Waals surface area contributed by atoms with Gasteiger partial charge in [-0.15, -0.1) is 0 Å². The molecule has 1 aromatic rings. The smallest absolute Gasteiger partial charge is 0.364 e. The number of rotatable bonds is 4. The van der Waals surface area contributed by atoms with Crippen LogP contribution in [0.15, 0.2) is 33.6 Å². The summed E-state index contributed by atoms with van der Waals surface area (Å²) in [5.74, 6) is 0. The van der Waals surface area contributed by atoms with E-state index in [9.17, 15) is 4.57 Å². The standard InChI is InChI=1S/C8H9N2O5P/c11-16(12,13)15-5-6-3-8(9-4-6)7-1-2-14-10-7/h1-2,4H,3,5H2,(H2,11,12,13). The Morgan fingerprint density at radius 1 is 1.56 bits per heavy atom. The van der Waals surface area contributed by atoms with Crippen molar-refractivity contribution >= 4 is 13.5 Å². The van der Waals surface area contributed by atoms with E-state index in [2.05, 4.69) is 19.2 Å². The molecule has 2 rings (SSSR count). The summed E-state index contributed by atoms with van der Waals surface area (Å²) in [4.78, 5) is 21.1. The molecule has 2 N–H and O–H groups in total. The first kappa shape index (κ1) is 11.2. The predicted octanol–water partition coefficient (Wildman–Crippen LogP) is 0.861. The van der Waals surface area contributed by atoms with Gasteiger partial charge in [-0.1, -0.05) is 5.16 Å². The summed E-state index contributed by atoms with van der Waals surface area (Å²) in [6, 6.07) is 1.67. The van der Waals surface area contributed by atoms with Gasteiger partial charge in [0, 0.05) is 18.7 Å². The average molecular weight is 244 g/mol. The molecule has 16 heavy (non-hydrogen) atoms. The molecular weight excluding hydrogens is 235 g/mol. The number of hydrogen-bond acceptors (Lipinski definition) is 5. The number of nitrogens with zero attached hydrogens (tertiary/aromatic N) is 2. The Balaban J connectivity index is 1.89. The molecule has 0 radical (unpaired) electrons. The Bertz CT molecular complexity index is 473. The molecule has 0 atom stereocenters. The second-order valence-electron chi connectivity index (χ2n) is 3.19. The summed E-state index contributed by atoms with van der Waals surface area (Å²) in [5, 5.41) is 3.71. The molecule has 0 bridgehead atoms. The summed E-state index contributed by atoms with van der Waals surface area (Å²) in [6.07, 6.45) is 3.40. The molecule has 0 unspecified atom stereocenters. The van der Waals surface area contributed by atoms with Gasteiger partial charge >= 0.3 is 7.82 Å². The number of aliphatic imine (C=N–C) groups is 1. The Morgan fingerprint density at radius 2 is 2.38 bits per heavy atom. The molecule has 1 aliphatic rings. The number of hydrogen-bond donors (Lipinski definition) is 2. The first-order chi connectivity index (χ1) is 7.54. The van der Waals surface area contributed by atoms with E-state index < -0.39 is 7.82 Å². The van der Waals surface area contributed by atoms with Crippen molar-refractivity contribution in [1.82, 2.24) is 5.16 Å². The number of phosphoric ester groups is 1. The van der Waals surface area contributed by atoms with Gasteiger partial charge in [-0.2, -0.15) is 0 Å². The molecule has 86 valence electrons. The van der Waals surface area contributed by atoms with Crippen molar-refractivity contribution in [3.8, 4) is 0 Å². The van der Waals surface area contributed by atoms with E-state index in [1.807, 2.05) is 0 Å². The van der Waals surface area contributed by atoms with Gasteiger partial charge in [-0.05, 0) is 5.57 Å². The third-order valence-corrected chi connectivity index (χ3v) is 2.41. The molecule has 2 heterocycles. The summed E-state index contributed by atoms with van der Waals surface area (Å²) < 4.78 is 19.5. The van der Waals surface area contributed by atoms with Gasteiger partial charge < -0.3 is 14.3 Å². The highest BCUT2D eigenvalue weighted by molar-refractivity contribution is 7.46. The zero-order valence-electron chi connectivity index (χ0n) is 8.11. The van der Waals surface area contributed by atoms with Gasteiger partial charge in [0.25, 0.3) is 0 Å². The Hall–Kier alpha value is -1.27. The second kappa shape index (κ2) is 4.31. The molecule has 1 aromatic heterocycles. The maximum absolute atomic E-state index is 10.5. The van der Waals surface area contributed by atoms with Gasteiger partial charge in [0.1, 0.15) is 12.0 Å². The highest BCUT2D eigenvalue weighted by Gasteiger charge is 2.19. The molecule has 0 amide bonds. The van der Waals surface area contributed by atoms with Crippen molar-refractivity contribution in [1.29, 1.82) is 0 Å². The molecule has 0 fully saturated rings. The second-order valence-corrected chi connectivity index (χ2v) is 4.43. The summed E-state index contributed by atoms with van der Waals surface area (Å²) in [5.41, 5.74) is 1.99. The topological polar surface area (TPSA) is 105 Å². The van der Waals surface area contributed by atoms with E-state index >= 15 is 0 Å². The minimum absolute atomic E-state index is 0.144. The fourth-order valence-corrected chi connectivity index (χ4v) is 1.58. The van der Waals surface area contributed by atoms with Crippen molar-refractivity contribution in [3.63, 3.8) is 0 Å². The van der Waals surface area contributed by atoms with E-state index in [-0.39, 0.29) is 6.61 Å². The van der Waals surface area contributed by atoms with Gasteiger partial charge in [0.15, 0.2) is 0 Å². The first-order valence-corrected chi connectivity index (χ1v) is 5.93. The van der Waals surface area contributed by atoms with E-state index in [1.54, 1.807) is 6.07 Å². The zero-order chi connectivity index (χ0) is 11.6. The van der Waals surface area contributed by atoms with Crippen LogP contribution in [0, 0.1) is 0 Å². The lowest BCUT2D eigenvalue weighted by molar-refractivity contribution is 0.211. The molecule has 1 aliphatic heterocycles. The fraction of sp³-hybridized carbons (Fsp3) is 0.250. The number of phosphoric acid groups is 1. The quantitative estimate of drug-likeness (QED) is 0.761. The fourth-order valence-electron chi connectivity index (χ4n) is 1.25. The lowest BCUT2D eigenvalue weighted by Gasteiger charge is -2.05. The van der Waals surface area contributed by atoms with Crippen LogP contribution in [0.2, 0.25) is 0 Å². The molecule has 7 nitrogen and oxygen atoms in total. The van der Waals surface area contributed by atoms with Crippen molar-refractivity contribution < 1.29 is 23.4 Å². The minimum Gasteiger partial charge on any atom is -0.364 e. The molecule has 0 spiro atoms. The summed E-state index contributed by atoms with van der Waals surface area (Å²) in [7, 11) is -4.42. The van der Waals surface area contributed by atoms with Crippen LogP contribution in [-0.2, 0) is 9.09 Å². The van der Waals surface area contributed by atoms with Crippen LogP contribution in [0.3, 0.4) is 0 Å². The Morgan fingerprint density at radius 3 is 3.00 bits per heavy atom. The molecule has 8 heteroatoms. The molecule has 0 aromatic carbocycles. The Kier molecular flexibility index (Phi) is 3.02. The van der Waals surface area contributed by atoms with Crippen molar-refractivity contribution in [3.05, 3.63) is 29.8 Å². The van der Waals surface area contributed by atoms with Gasteiger partial charge in [-0.3, -0.25) is 9.52 Å². The normalized spacial score (nSPS) is 16.1. The molecule has 0 aliphatic carbocycles. The lowest BCUT2D eigenvalue weighted by Crippen LogP contribution is -2.02. The SMILES string of the molecule is O=P(O)(O)OCC1=CN=C(c2ccon2)C1. The summed E-state index contributed by atoms with van der Waals surface area (Å²) >= 11 is 0. The van der Waals surface area contributed by atoms with Crippen LogP contribution in [-0.4, -0.2) is 27.3 Å².